The summed E-state index contributed by atoms with van der Waals surface area (Å²) in [6, 6.07) is 8.59. The maximum atomic E-state index is 5.73. The number of anilines is 1. The predicted molar refractivity (Wildman–Crippen MR) is 74.9 cm³/mol. The first-order chi connectivity index (χ1) is 9.29. The highest BCUT2D eigenvalue weighted by Gasteiger charge is 2.28. The van der Waals surface area contributed by atoms with Crippen molar-refractivity contribution in [2.24, 2.45) is 12.8 Å². The third kappa shape index (κ3) is 2.21. The molecule has 0 aliphatic carbocycles. The topological polar surface area (TPSA) is 60.0 Å². The Labute approximate surface area is 113 Å². The van der Waals surface area contributed by atoms with E-state index in [1.54, 1.807) is 6.33 Å². The van der Waals surface area contributed by atoms with Crippen LogP contribution in [0, 0.1) is 0 Å². The summed E-state index contributed by atoms with van der Waals surface area (Å²) in [6.45, 7) is 2.55. The summed E-state index contributed by atoms with van der Waals surface area (Å²) < 4.78 is 1.83. The number of benzene rings is 1. The Balaban J connectivity index is 1.86. The number of hydrogen-bond donors (Lipinski definition) is 1. The molecular weight excluding hydrogens is 238 g/mol. The lowest BCUT2D eigenvalue weighted by atomic mass is 9.98. The fourth-order valence-corrected chi connectivity index (χ4v) is 2.82. The van der Waals surface area contributed by atoms with E-state index in [1.807, 2.05) is 11.7 Å². The number of hydrogen-bond acceptors (Lipinski definition) is 4. The third-order valence-corrected chi connectivity index (χ3v) is 3.81. The standard InChI is InChI=1S/C14H19N5/c1-18-14(16-10-17-18)9-19-8-11(6-7-15)12-4-2-3-5-13(12)19/h2-5,10-11H,6-9,15H2,1H3. The van der Waals surface area contributed by atoms with E-state index in [2.05, 4.69) is 39.2 Å². The van der Waals surface area contributed by atoms with Crippen LogP contribution in [-0.4, -0.2) is 27.9 Å². The van der Waals surface area contributed by atoms with E-state index in [9.17, 15) is 0 Å². The van der Waals surface area contributed by atoms with Gasteiger partial charge in [-0.25, -0.2) is 4.98 Å². The van der Waals surface area contributed by atoms with Crippen molar-refractivity contribution >= 4 is 5.69 Å². The summed E-state index contributed by atoms with van der Waals surface area (Å²) in [5, 5.41) is 4.13. The maximum absolute atomic E-state index is 5.73. The average molecular weight is 257 g/mol. The molecule has 0 bridgehead atoms. The molecule has 0 saturated carbocycles. The monoisotopic (exact) mass is 257 g/mol. The first-order valence-corrected chi connectivity index (χ1v) is 6.66. The minimum Gasteiger partial charge on any atom is -0.363 e. The van der Waals surface area contributed by atoms with Crippen molar-refractivity contribution < 1.29 is 0 Å². The van der Waals surface area contributed by atoms with Crippen molar-refractivity contribution in [3.8, 4) is 0 Å². The highest BCUT2D eigenvalue weighted by Crippen LogP contribution is 2.38. The van der Waals surface area contributed by atoms with Crippen molar-refractivity contribution in [1.29, 1.82) is 0 Å². The number of nitrogens with two attached hydrogens (primary N) is 1. The third-order valence-electron chi connectivity index (χ3n) is 3.81. The van der Waals surface area contributed by atoms with E-state index >= 15 is 0 Å². The van der Waals surface area contributed by atoms with Crippen molar-refractivity contribution in [3.05, 3.63) is 42.0 Å². The summed E-state index contributed by atoms with van der Waals surface area (Å²) in [5.74, 6) is 1.53. The van der Waals surface area contributed by atoms with Crippen LogP contribution in [0.2, 0.25) is 0 Å². The molecule has 0 amide bonds. The molecule has 0 spiro atoms. The first kappa shape index (κ1) is 12.2. The average Bonchev–Trinajstić information content (AvgIpc) is 2.97. The second-order valence-electron chi connectivity index (χ2n) is 5.01. The minimum absolute atomic E-state index is 0.537. The number of fused-ring (bicyclic) bond motifs is 1. The van der Waals surface area contributed by atoms with Gasteiger partial charge >= 0.3 is 0 Å². The van der Waals surface area contributed by atoms with Crippen LogP contribution in [0.1, 0.15) is 23.7 Å². The Kier molecular flexibility index (Phi) is 3.21. The van der Waals surface area contributed by atoms with Gasteiger partial charge in [-0.3, -0.25) is 4.68 Å². The quantitative estimate of drug-likeness (QED) is 0.896. The summed E-state index contributed by atoms with van der Waals surface area (Å²) in [4.78, 5) is 6.68. The molecule has 1 atom stereocenters. The Morgan fingerprint density at radius 3 is 2.95 bits per heavy atom. The Morgan fingerprint density at radius 2 is 2.21 bits per heavy atom. The van der Waals surface area contributed by atoms with Crippen LogP contribution in [0.15, 0.2) is 30.6 Å². The Bertz CT molecular complexity index is 562. The Hall–Kier alpha value is -1.88. The number of para-hydroxylation sites is 1. The molecule has 0 saturated heterocycles. The lowest BCUT2D eigenvalue weighted by Crippen LogP contribution is -2.24. The van der Waals surface area contributed by atoms with E-state index < -0.39 is 0 Å². The van der Waals surface area contributed by atoms with E-state index in [1.165, 1.54) is 11.3 Å². The van der Waals surface area contributed by atoms with Crippen molar-refractivity contribution in [3.63, 3.8) is 0 Å². The molecular formula is C14H19N5. The molecule has 5 nitrogen and oxygen atoms in total. The first-order valence-electron chi connectivity index (χ1n) is 6.66. The zero-order valence-corrected chi connectivity index (χ0v) is 11.2. The summed E-state index contributed by atoms with van der Waals surface area (Å²) in [7, 11) is 1.93. The normalized spacial score (nSPS) is 17.8. The lowest BCUT2D eigenvalue weighted by molar-refractivity contribution is 0.621. The molecule has 2 heterocycles. The van der Waals surface area contributed by atoms with Crippen molar-refractivity contribution in [2.45, 2.75) is 18.9 Å². The highest BCUT2D eigenvalue weighted by molar-refractivity contribution is 5.60. The molecule has 1 unspecified atom stereocenters. The number of nitrogens with zero attached hydrogens (tertiary/aromatic N) is 4. The van der Waals surface area contributed by atoms with E-state index in [0.29, 0.717) is 5.92 Å². The van der Waals surface area contributed by atoms with Gasteiger partial charge in [-0.2, -0.15) is 5.10 Å². The van der Waals surface area contributed by atoms with E-state index in [0.717, 1.165) is 31.9 Å². The molecule has 100 valence electrons. The van der Waals surface area contributed by atoms with Crippen molar-refractivity contribution in [1.82, 2.24) is 14.8 Å². The summed E-state index contributed by atoms with van der Waals surface area (Å²) in [6.07, 6.45) is 2.64. The zero-order valence-electron chi connectivity index (χ0n) is 11.2. The van der Waals surface area contributed by atoms with Gasteiger partial charge in [0.15, 0.2) is 0 Å². The Morgan fingerprint density at radius 1 is 1.37 bits per heavy atom. The van der Waals surface area contributed by atoms with E-state index in [4.69, 9.17) is 5.73 Å². The fourth-order valence-electron chi connectivity index (χ4n) is 2.82. The fraction of sp³-hybridized carbons (Fsp3) is 0.429. The molecule has 2 aromatic rings. The van der Waals surface area contributed by atoms with Gasteiger partial charge in [0.25, 0.3) is 0 Å². The molecule has 0 fully saturated rings. The summed E-state index contributed by atoms with van der Waals surface area (Å²) in [5.41, 5.74) is 8.45. The molecule has 1 aromatic carbocycles. The zero-order chi connectivity index (χ0) is 13.2. The predicted octanol–water partition coefficient (Wildman–Crippen LogP) is 1.27. The molecule has 2 N–H and O–H groups in total. The minimum atomic E-state index is 0.537. The SMILES string of the molecule is Cn1ncnc1CN1CC(CCN)c2ccccc21. The molecule has 3 rings (SSSR count). The molecule has 0 radical (unpaired) electrons. The van der Waals surface area contributed by atoms with Crippen LogP contribution in [-0.2, 0) is 13.6 Å². The van der Waals surface area contributed by atoms with Gasteiger partial charge < -0.3 is 10.6 Å². The van der Waals surface area contributed by atoms with Gasteiger partial charge in [-0.05, 0) is 24.6 Å². The molecule has 1 aliphatic rings. The van der Waals surface area contributed by atoms with Gasteiger partial charge in [-0.1, -0.05) is 18.2 Å². The van der Waals surface area contributed by atoms with Gasteiger partial charge in [0.2, 0.25) is 0 Å². The molecule has 19 heavy (non-hydrogen) atoms. The molecule has 5 heteroatoms. The van der Waals surface area contributed by atoms with Gasteiger partial charge in [-0.15, -0.1) is 0 Å². The van der Waals surface area contributed by atoms with Crippen molar-refractivity contribution in [2.75, 3.05) is 18.0 Å². The number of aryl methyl sites for hydroxylation is 1. The lowest BCUT2D eigenvalue weighted by Gasteiger charge is -2.19. The summed E-state index contributed by atoms with van der Waals surface area (Å²) >= 11 is 0. The van der Waals surface area contributed by atoms with Gasteiger partial charge in [0.1, 0.15) is 12.2 Å². The molecule has 1 aliphatic heterocycles. The maximum Gasteiger partial charge on any atom is 0.146 e. The number of aromatic nitrogens is 3. The van der Waals surface area contributed by atoms with Crippen LogP contribution in [0.25, 0.3) is 0 Å². The van der Waals surface area contributed by atoms with Crippen LogP contribution in [0.4, 0.5) is 5.69 Å². The largest absolute Gasteiger partial charge is 0.363 e. The van der Waals surface area contributed by atoms with Crippen LogP contribution in [0.3, 0.4) is 0 Å². The smallest absolute Gasteiger partial charge is 0.146 e. The van der Waals surface area contributed by atoms with Crippen LogP contribution in [0.5, 0.6) is 0 Å². The second kappa shape index (κ2) is 5.01. The highest BCUT2D eigenvalue weighted by atomic mass is 15.3. The van der Waals surface area contributed by atoms with Gasteiger partial charge in [0.05, 0.1) is 6.54 Å². The van der Waals surface area contributed by atoms with Crippen LogP contribution >= 0.6 is 0 Å². The number of rotatable bonds is 4. The molecule has 1 aromatic heterocycles. The van der Waals surface area contributed by atoms with E-state index in [-0.39, 0.29) is 0 Å². The van der Waals surface area contributed by atoms with Crippen LogP contribution < -0.4 is 10.6 Å². The van der Waals surface area contributed by atoms with Gasteiger partial charge in [0, 0.05) is 25.2 Å². The second-order valence-corrected chi connectivity index (χ2v) is 5.01.